The first-order valence-corrected chi connectivity index (χ1v) is 7.15. The van der Waals surface area contributed by atoms with Crippen LogP contribution in [0.1, 0.15) is 28.4 Å². The number of rotatable bonds is 4. The number of carbonyl (C=O) groups is 1. The molecule has 0 aromatic heterocycles. The summed E-state index contributed by atoms with van der Waals surface area (Å²) in [4.78, 5) is 12.6. The molecular formula is C16H16BrNO2. The van der Waals surface area contributed by atoms with Crippen molar-refractivity contribution in [1.29, 1.82) is 0 Å². The Kier molecular flexibility index (Phi) is 4.45. The molecule has 0 aliphatic rings. The highest BCUT2D eigenvalue weighted by Gasteiger charge is 2.15. The Balaban J connectivity index is 2.46. The average Bonchev–Trinajstić information content (AvgIpc) is 2.43. The standard InChI is InChI=1S/C16H16BrNO2/c1-3-20-15-7-5-12(17)9-13(15)16(19)11-4-6-14(18)10(2)8-11/h4-9H,3,18H2,1-2H3. The molecule has 2 rings (SSSR count). The van der Waals surface area contributed by atoms with Crippen molar-refractivity contribution >= 4 is 27.4 Å². The molecule has 0 aliphatic heterocycles. The van der Waals surface area contributed by atoms with Crippen LogP contribution in [0.25, 0.3) is 0 Å². The number of hydrogen-bond acceptors (Lipinski definition) is 3. The van der Waals surface area contributed by atoms with Gasteiger partial charge in [0.05, 0.1) is 12.2 Å². The molecule has 4 heteroatoms. The summed E-state index contributed by atoms with van der Waals surface area (Å²) in [7, 11) is 0. The smallest absolute Gasteiger partial charge is 0.196 e. The minimum absolute atomic E-state index is 0.0714. The molecule has 104 valence electrons. The third-order valence-electron chi connectivity index (χ3n) is 3.02. The first-order chi connectivity index (χ1) is 9.52. The lowest BCUT2D eigenvalue weighted by Gasteiger charge is -2.11. The Morgan fingerprint density at radius 3 is 2.65 bits per heavy atom. The Morgan fingerprint density at radius 1 is 1.25 bits per heavy atom. The van der Waals surface area contributed by atoms with E-state index in [9.17, 15) is 4.79 Å². The highest BCUT2D eigenvalue weighted by molar-refractivity contribution is 9.10. The molecule has 0 spiro atoms. The normalized spacial score (nSPS) is 10.3. The van der Waals surface area contributed by atoms with Gasteiger partial charge in [0.2, 0.25) is 0 Å². The molecular weight excluding hydrogens is 318 g/mol. The van der Waals surface area contributed by atoms with Gasteiger partial charge in [-0.3, -0.25) is 4.79 Å². The lowest BCUT2D eigenvalue weighted by Crippen LogP contribution is -2.06. The predicted octanol–water partition coefficient (Wildman–Crippen LogP) is 3.97. The van der Waals surface area contributed by atoms with Crippen molar-refractivity contribution in [3.63, 3.8) is 0 Å². The molecule has 0 fully saturated rings. The fourth-order valence-corrected chi connectivity index (χ4v) is 2.29. The van der Waals surface area contributed by atoms with E-state index < -0.39 is 0 Å². The minimum Gasteiger partial charge on any atom is -0.493 e. The lowest BCUT2D eigenvalue weighted by atomic mass is 10.00. The Bertz CT molecular complexity index is 653. The molecule has 0 aliphatic carbocycles. The van der Waals surface area contributed by atoms with Crippen molar-refractivity contribution in [2.75, 3.05) is 12.3 Å². The van der Waals surface area contributed by atoms with Gasteiger partial charge in [-0.25, -0.2) is 0 Å². The summed E-state index contributed by atoms with van der Waals surface area (Å²) < 4.78 is 6.37. The number of ether oxygens (including phenoxy) is 1. The van der Waals surface area contributed by atoms with Gasteiger partial charge in [-0.15, -0.1) is 0 Å². The summed E-state index contributed by atoms with van der Waals surface area (Å²) in [5.41, 5.74) is 8.51. The summed E-state index contributed by atoms with van der Waals surface area (Å²) in [5, 5.41) is 0. The monoisotopic (exact) mass is 333 g/mol. The van der Waals surface area contributed by atoms with E-state index in [0.29, 0.717) is 29.2 Å². The van der Waals surface area contributed by atoms with Gasteiger partial charge < -0.3 is 10.5 Å². The van der Waals surface area contributed by atoms with Gasteiger partial charge in [0, 0.05) is 15.7 Å². The average molecular weight is 334 g/mol. The van der Waals surface area contributed by atoms with Crippen LogP contribution in [0.2, 0.25) is 0 Å². The van der Waals surface area contributed by atoms with Gasteiger partial charge in [0.1, 0.15) is 5.75 Å². The maximum atomic E-state index is 12.6. The molecule has 3 nitrogen and oxygen atoms in total. The van der Waals surface area contributed by atoms with Gasteiger partial charge in [-0.1, -0.05) is 15.9 Å². The van der Waals surface area contributed by atoms with E-state index in [0.717, 1.165) is 10.0 Å². The Labute approximate surface area is 126 Å². The highest BCUT2D eigenvalue weighted by Crippen LogP contribution is 2.26. The fourth-order valence-electron chi connectivity index (χ4n) is 1.93. The van der Waals surface area contributed by atoms with E-state index in [-0.39, 0.29) is 5.78 Å². The predicted molar refractivity (Wildman–Crippen MR) is 84.3 cm³/mol. The molecule has 0 unspecified atom stereocenters. The third kappa shape index (κ3) is 3.02. The summed E-state index contributed by atoms with van der Waals surface area (Å²) >= 11 is 3.39. The molecule has 2 aromatic carbocycles. The summed E-state index contributed by atoms with van der Waals surface area (Å²) in [5.74, 6) is 0.521. The van der Waals surface area contributed by atoms with Crippen LogP contribution in [-0.2, 0) is 0 Å². The van der Waals surface area contributed by atoms with Crippen molar-refractivity contribution in [1.82, 2.24) is 0 Å². The van der Waals surface area contributed by atoms with E-state index in [1.807, 2.05) is 19.9 Å². The van der Waals surface area contributed by atoms with E-state index in [1.54, 1.807) is 30.3 Å². The first-order valence-electron chi connectivity index (χ1n) is 6.36. The van der Waals surface area contributed by atoms with Crippen molar-refractivity contribution in [2.24, 2.45) is 0 Å². The number of halogens is 1. The van der Waals surface area contributed by atoms with Crippen LogP contribution in [0.5, 0.6) is 5.75 Å². The van der Waals surface area contributed by atoms with Crippen LogP contribution in [0.4, 0.5) is 5.69 Å². The zero-order valence-electron chi connectivity index (χ0n) is 11.4. The summed E-state index contributed by atoms with van der Waals surface area (Å²) in [6, 6.07) is 10.7. The Hall–Kier alpha value is -1.81. The molecule has 0 heterocycles. The zero-order chi connectivity index (χ0) is 14.7. The summed E-state index contributed by atoms with van der Waals surface area (Å²) in [6.07, 6.45) is 0. The maximum absolute atomic E-state index is 12.6. The number of nitrogens with two attached hydrogens (primary N) is 1. The van der Waals surface area contributed by atoms with Gasteiger partial charge in [0.15, 0.2) is 5.78 Å². The molecule has 0 bridgehead atoms. The molecule has 0 atom stereocenters. The van der Waals surface area contributed by atoms with Crippen LogP contribution in [0, 0.1) is 6.92 Å². The molecule has 2 aromatic rings. The molecule has 2 N–H and O–H groups in total. The van der Waals surface area contributed by atoms with Crippen LogP contribution in [-0.4, -0.2) is 12.4 Å². The maximum Gasteiger partial charge on any atom is 0.196 e. The second kappa shape index (κ2) is 6.09. The van der Waals surface area contributed by atoms with E-state index in [1.165, 1.54) is 0 Å². The van der Waals surface area contributed by atoms with Crippen LogP contribution in [0.15, 0.2) is 40.9 Å². The van der Waals surface area contributed by atoms with Crippen molar-refractivity contribution in [3.8, 4) is 5.75 Å². The topological polar surface area (TPSA) is 52.3 Å². The van der Waals surface area contributed by atoms with Crippen LogP contribution in [0.3, 0.4) is 0 Å². The minimum atomic E-state index is -0.0714. The zero-order valence-corrected chi connectivity index (χ0v) is 13.0. The molecule has 0 saturated carbocycles. The highest BCUT2D eigenvalue weighted by atomic mass is 79.9. The first kappa shape index (κ1) is 14.6. The molecule has 0 saturated heterocycles. The second-order valence-electron chi connectivity index (χ2n) is 4.47. The van der Waals surface area contributed by atoms with E-state index >= 15 is 0 Å². The number of nitrogen functional groups attached to an aromatic ring is 1. The van der Waals surface area contributed by atoms with Gasteiger partial charge >= 0.3 is 0 Å². The second-order valence-corrected chi connectivity index (χ2v) is 5.39. The van der Waals surface area contributed by atoms with Gasteiger partial charge in [-0.2, -0.15) is 0 Å². The molecule has 0 amide bonds. The van der Waals surface area contributed by atoms with Crippen molar-refractivity contribution in [3.05, 3.63) is 57.6 Å². The third-order valence-corrected chi connectivity index (χ3v) is 3.51. The molecule has 20 heavy (non-hydrogen) atoms. The number of carbonyl (C=O) groups excluding carboxylic acids is 1. The molecule has 0 radical (unpaired) electrons. The van der Waals surface area contributed by atoms with Crippen LogP contribution >= 0.6 is 15.9 Å². The number of benzene rings is 2. The Morgan fingerprint density at radius 2 is 2.00 bits per heavy atom. The SMILES string of the molecule is CCOc1ccc(Br)cc1C(=O)c1ccc(N)c(C)c1. The van der Waals surface area contributed by atoms with E-state index in [2.05, 4.69) is 15.9 Å². The number of hydrogen-bond donors (Lipinski definition) is 1. The van der Waals surface area contributed by atoms with Crippen molar-refractivity contribution in [2.45, 2.75) is 13.8 Å². The van der Waals surface area contributed by atoms with Crippen molar-refractivity contribution < 1.29 is 9.53 Å². The largest absolute Gasteiger partial charge is 0.493 e. The van der Waals surface area contributed by atoms with E-state index in [4.69, 9.17) is 10.5 Å². The van der Waals surface area contributed by atoms with Gasteiger partial charge in [-0.05, 0) is 55.8 Å². The number of aryl methyl sites for hydroxylation is 1. The quantitative estimate of drug-likeness (QED) is 0.680. The van der Waals surface area contributed by atoms with Crippen LogP contribution < -0.4 is 10.5 Å². The summed E-state index contributed by atoms with van der Waals surface area (Å²) in [6.45, 7) is 4.29. The fraction of sp³-hybridized carbons (Fsp3) is 0.188. The lowest BCUT2D eigenvalue weighted by molar-refractivity contribution is 0.103. The number of ketones is 1. The number of anilines is 1. The van der Waals surface area contributed by atoms with Gasteiger partial charge in [0.25, 0.3) is 0 Å².